The molecule has 0 aromatic heterocycles. The highest BCUT2D eigenvalue weighted by molar-refractivity contribution is 5.80. The molecule has 2 fully saturated rings. The Morgan fingerprint density at radius 3 is 2.92 bits per heavy atom. The van der Waals surface area contributed by atoms with E-state index in [9.17, 15) is 4.79 Å². The number of hydrogen-bond donors (Lipinski definition) is 0. The van der Waals surface area contributed by atoms with Gasteiger partial charge in [-0.15, -0.1) is 0 Å². The maximum absolute atomic E-state index is 11.7. The largest absolute Gasteiger partial charge is 0.354 e. The zero-order chi connectivity index (χ0) is 9.64. The number of carbonyl (C=O) groups excluding carboxylic acids is 1. The van der Waals surface area contributed by atoms with Crippen LogP contribution in [0.25, 0.3) is 0 Å². The molecule has 2 heterocycles. The summed E-state index contributed by atoms with van der Waals surface area (Å²) in [6.07, 6.45) is 1.79. The molecule has 13 heavy (non-hydrogen) atoms. The Balaban J connectivity index is 2.24. The number of carbonyl (C=O) groups is 1. The third kappa shape index (κ3) is 1.17. The van der Waals surface area contributed by atoms with Crippen molar-refractivity contribution in [3.63, 3.8) is 0 Å². The van der Waals surface area contributed by atoms with E-state index in [2.05, 4.69) is 6.92 Å². The SMILES string of the molecule is CCC1CC(=O)N2C1COC2(C)C. The van der Waals surface area contributed by atoms with Crippen molar-refractivity contribution in [2.24, 2.45) is 5.92 Å². The summed E-state index contributed by atoms with van der Waals surface area (Å²) >= 11 is 0. The second-order valence-electron chi connectivity index (χ2n) is 4.46. The van der Waals surface area contributed by atoms with Gasteiger partial charge in [-0.25, -0.2) is 0 Å². The van der Waals surface area contributed by atoms with Crippen molar-refractivity contribution >= 4 is 5.91 Å². The first-order chi connectivity index (χ1) is 6.06. The van der Waals surface area contributed by atoms with Gasteiger partial charge in [-0.05, 0) is 19.8 Å². The summed E-state index contributed by atoms with van der Waals surface area (Å²) in [5.41, 5.74) is -0.369. The van der Waals surface area contributed by atoms with E-state index in [1.54, 1.807) is 0 Å². The molecular weight excluding hydrogens is 166 g/mol. The Morgan fingerprint density at radius 1 is 1.62 bits per heavy atom. The number of fused-ring (bicyclic) bond motifs is 1. The highest BCUT2D eigenvalue weighted by Gasteiger charge is 2.51. The average molecular weight is 183 g/mol. The zero-order valence-electron chi connectivity index (χ0n) is 8.54. The summed E-state index contributed by atoms with van der Waals surface area (Å²) in [6, 6.07) is 0.340. The minimum Gasteiger partial charge on any atom is -0.354 e. The van der Waals surface area contributed by atoms with E-state index in [-0.39, 0.29) is 11.6 Å². The maximum atomic E-state index is 11.7. The number of hydrogen-bond acceptors (Lipinski definition) is 2. The Hall–Kier alpha value is -0.570. The van der Waals surface area contributed by atoms with Crippen molar-refractivity contribution in [3.8, 4) is 0 Å². The van der Waals surface area contributed by atoms with E-state index in [1.807, 2.05) is 18.7 Å². The number of ether oxygens (including phenoxy) is 1. The predicted octanol–water partition coefficient (Wildman–Crippen LogP) is 1.38. The van der Waals surface area contributed by atoms with E-state index in [1.165, 1.54) is 0 Å². The van der Waals surface area contributed by atoms with Gasteiger partial charge in [0.15, 0.2) is 0 Å². The molecule has 3 nitrogen and oxygen atoms in total. The number of nitrogens with zero attached hydrogens (tertiary/aromatic N) is 1. The smallest absolute Gasteiger partial charge is 0.225 e. The first-order valence-corrected chi connectivity index (χ1v) is 5.02. The van der Waals surface area contributed by atoms with Crippen LogP contribution in [0.2, 0.25) is 0 Å². The fourth-order valence-corrected chi connectivity index (χ4v) is 2.54. The first kappa shape index (κ1) is 9.00. The second kappa shape index (κ2) is 2.71. The van der Waals surface area contributed by atoms with Crippen LogP contribution in [0, 0.1) is 5.92 Å². The molecule has 2 aliphatic heterocycles. The van der Waals surface area contributed by atoms with Crippen molar-refractivity contribution in [1.29, 1.82) is 0 Å². The van der Waals surface area contributed by atoms with Gasteiger partial charge in [-0.2, -0.15) is 0 Å². The molecular formula is C10H17NO2. The van der Waals surface area contributed by atoms with Gasteiger partial charge in [0.1, 0.15) is 5.72 Å². The fraction of sp³-hybridized carbons (Fsp3) is 0.900. The molecule has 0 N–H and O–H groups in total. The summed E-state index contributed by atoms with van der Waals surface area (Å²) in [6.45, 7) is 6.82. The Bertz CT molecular complexity index is 237. The lowest BCUT2D eigenvalue weighted by Gasteiger charge is -2.29. The molecule has 0 spiro atoms. The predicted molar refractivity (Wildman–Crippen MR) is 49.1 cm³/mol. The van der Waals surface area contributed by atoms with Crippen LogP contribution in [0.15, 0.2) is 0 Å². The van der Waals surface area contributed by atoms with E-state index in [0.29, 0.717) is 18.4 Å². The van der Waals surface area contributed by atoms with Gasteiger partial charge in [-0.3, -0.25) is 4.79 Å². The molecule has 3 heteroatoms. The minimum atomic E-state index is -0.369. The van der Waals surface area contributed by atoms with Gasteiger partial charge in [0.2, 0.25) is 5.91 Å². The number of rotatable bonds is 1. The normalized spacial score (nSPS) is 36.8. The van der Waals surface area contributed by atoms with Gasteiger partial charge >= 0.3 is 0 Å². The average Bonchev–Trinajstić information content (AvgIpc) is 2.53. The van der Waals surface area contributed by atoms with Crippen molar-refractivity contribution in [3.05, 3.63) is 0 Å². The first-order valence-electron chi connectivity index (χ1n) is 5.02. The fourth-order valence-electron chi connectivity index (χ4n) is 2.54. The molecule has 0 aromatic carbocycles. The monoisotopic (exact) mass is 183 g/mol. The second-order valence-corrected chi connectivity index (χ2v) is 4.46. The maximum Gasteiger partial charge on any atom is 0.225 e. The van der Waals surface area contributed by atoms with E-state index in [4.69, 9.17) is 4.74 Å². The summed E-state index contributed by atoms with van der Waals surface area (Å²) < 4.78 is 5.61. The van der Waals surface area contributed by atoms with Crippen molar-refractivity contribution in [2.75, 3.05) is 6.61 Å². The molecule has 2 unspecified atom stereocenters. The molecule has 0 bridgehead atoms. The topological polar surface area (TPSA) is 29.5 Å². The highest BCUT2D eigenvalue weighted by atomic mass is 16.5. The van der Waals surface area contributed by atoms with E-state index in [0.717, 1.165) is 13.0 Å². The Labute approximate surface area is 79.0 Å². The third-order valence-corrected chi connectivity index (χ3v) is 3.29. The summed E-state index contributed by atoms with van der Waals surface area (Å²) in [4.78, 5) is 13.6. The molecule has 2 atom stereocenters. The molecule has 2 aliphatic rings. The van der Waals surface area contributed by atoms with Crippen LogP contribution >= 0.6 is 0 Å². The lowest BCUT2D eigenvalue weighted by molar-refractivity contribution is -0.141. The highest BCUT2D eigenvalue weighted by Crippen LogP contribution is 2.39. The Kier molecular flexibility index (Phi) is 1.88. The molecule has 0 saturated carbocycles. The molecule has 0 aromatic rings. The molecule has 0 radical (unpaired) electrons. The van der Waals surface area contributed by atoms with Gasteiger partial charge in [-0.1, -0.05) is 13.3 Å². The van der Waals surface area contributed by atoms with Gasteiger partial charge in [0.25, 0.3) is 0 Å². The van der Waals surface area contributed by atoms with Crippen LogP contribution < -0.4 is 0 Å². The van der Waals surface area contributed by atoms with Crippen LogP contribution in [-0.4, -0.2) is 29.2 Å². The van der Waals surface area contributed by atoms with Crippen molar-refractivity contribution < 1.29 is 9.53 Å². The molecule has 1 amide bonds. The lowest BCUT2D eigenvalue weighted by atomic mass is 9.98. The zero-order valence-corrected chi connectivity index (χ0v) is 8.54. The van der Waals surface area contributed by atoms with Crippen LogP contribution in [0.3, 0.4) is 0 Å². The van der Waals surface area contributed by atoms with Crippen molar-refractivity contribution in [1.82, 2.24) is 4.90 Å². The molecule has 2 rings (SSSR count). The van der Waals surface area contributed by atoms with Crippen LogP contribution in [0.1, 0.15) is 33.6 Å². The van der Waals surface area contributed by atoms with E-state index >= 15 is 0 Å². The lowest BCUT2D eigenvalue weighted by Crippen LogP contribution is -2.43. The van der Waals surface area contributed by atoms with Crippen LogP contribution in [0.4, 0.5) is 0 Å². The minimum absolute atomic E-state index is 0.263. The van der Waals surface area contributed by atoms with E-state index < -0.39 is 0 Å². The standard InChI is InChI=1S/C10H17NO2/c1-4-7-5-9(12)11-8(7)6-13-10(11,2)3/h7-8H,4-6H2,1-3H3. The van der Waals surface area contributed by atoms with Crippen molar-refractivity contribution in [2.45, 2.75) is 45.4 Å². The Morgan fingerprint density at radius 2 is 2.31 bits per heavy atom. The molecule has 2 saturated heterocycles. The van der Waals surface area contributed by atoms with Gasteiger partial charge in [0.05, 0.1) is 12.6 Å². The number of amides is 1. The van der Waals surface area contributed by atoms with Crippen LogP contribution in [0.5, 0.6) is 0 Å². The molecule has 0 aliphatic carbocycles. The summed E-state index contributed by atoms with van der Waals surface area (Å²) in [5, 5.41) is 0. The van der Waals surface area contributed by atoms with Crippen LogP contribution in [-0.2, 0) is 9.53 Å². The summed E-state index contributed by atoms with van der Waals surface area (Å²) in [5.74, 6) is 0.772. The van der Waals surface area contributed by atoms with Gasteiger partial charge < -0.3 is 9.64 Å². The quantitative estimate of drug-likeness (QED) is 0.614. The van der Waals surface area contributed by atoms with Gasteiger partial charge in [0, 0.05) is 6.42 Å². The molecule has 74 valence electrons. The third-order valence-electron chi connectivity index (χ3n) is 3.29. The summed E-state index contributed by atoms with van der Waals surface area (Å²) in [7, 11) is 0.